The fourth-order valence-electron chi connectivity index (χ4n) is 2.89. The van der Waals surface area contributed by atoms with Crippen molar-refractivity contribution < 1.29 is 4.79 Å². The summed E-state index contributed by atoms with van der Waals surface area (Å²) in [6.07, 6.45) is 5.84. The van der Waals surface area contributed by atoms with E-state index in [1.807, 2.05) is 17.0 Å². The molecular weight excluding hydrogens is 347 g/mol. The molecule has 1 aliphatic heterocycles. The number of amides is 2. The lowest BCUT2D eigenvalue weighted by Gasteiger charge is -2.32. The Balaban J connectivity index is 1.51. The summed E-state index contributed by atoms with van der Waals surface area (Å²) in [4.78, 5) is 21.9. The van der Waals surface area contributed by atoms with E-state index in [0.717, 1.165) is 37.9 Å². The zero-order valence-corrected chi connectivity index (χ0v) is 14.6. The maximum absolute atomic E-state index is 12.2. The van der Waals surface area contributed by atoms with Crippen molar-refractivity contribution in [3.05, 3.63) is 52.4 Å². The molecule has 1 fully saturated rings. The van der Waals surface area contributed by atoms with Crippen molar-refractivity contribution in [3.63, 3.8) is 0 Å². The quantitative estimate of drug-likeness (QED) is 0.884. The monoisotopic (exact) mass is 364 g/mol. The van der Waals surface area contributed by atoms with Crippen LogP contribution < -0.4 is 5.32 Å². The average molecular weight is 365 g/mol. The van der Waals surface area contributed by atoms with Crippen LogP contribution in [0.15, 0.2) is 36.8 Å². The van der Waals surface area contributed by atoms with Gasteiger partial charge in [0.15, 0.2) is 0 Å². The highest BCUT2D eigenvalue weighted by Gasteiger charge is 2.23. The largest absolute Gasteiger partial charge is 0.324 e. The van der Waals surface area contributed by atoms with Crippen molar-refractivity contribution in [2.24, 2.45) is 5.92 Å². The number of anilines is 1. The molecule has 0 spiro atoms. The Morgan fingerprint density at radius 1 is 1.25 bits per heavy atom. The molecule has 126 valence electrons. The van der Waals surface area contributed by atoms with Crippen LogP contribution in [0.1, 0.15) is 18.4 Å². The Kier molecular flexibility index (Phi) is 5.53. The van der Waals surface area contributed by atoms with E-state index in [-0.39, 0.29) is 6.03 Å². The van der Waals surface area contributed by atoms with Gasteiger partial charge in [0.2, 0.25) is 0 Å². The van der Waals surface area contributed by atoms with E-state index in [4.69, 9.17) is 23.2 Å². The molecular formula is C17H18Cl2N4O. The molecule has 3 rings (SSSR count). The fraction of sp³-hybridized carbons (Fsp3) is 0.353. The smallest absolute Gasteiger partial charge is 0.323 e. The van der Waals surface area contributed by atoms with Crippen LogP contribution in [0.2, 0.25) is 10.0 Å². The third kappa shape index (κ3) is 4.36. The first-order valence-corrected chi connectivity index (χ1v) is 8.63. The number of benzene rings is 1. The number of likely N-dealkylation sites (tertiary alicyclic amines) is 1. The van der Waals surface area contributed by atoms with Crippen molar-refractivity contribution in [2.45, 2.75) is 19.3 Å². The second-order valence-electron chi connectivity index (χ2n) is 5.90. The Morgan fingerprint density at radius 2 is 2.04 bits per heavy atom. The Morgan fingerprint density at radius 3 is 2.71 bits per heavy atom. The molecule has 2 amide bonds. The second-order valence-corrected chi connectivity index (χ2v) is 6.74. The first-order chi connectivity index (χ1) is 11.6. The molecule has 5 nitrogen and oxygen atoms in total. The second kappa shape index (κ2) is 7.81. The molecule has 0 unspecified atom stereocenters. The molecule has 2 aromatic rings. The number of carbonyl (C=O) groups is 1. The van der Waals surface area contributed by atoms with Crippen molar-refractivity contribution in [2.75, 3.05) is 18.4 Å². The zero-order chi connectivity index (χ0) is 16.9. The van der Waals surface area contributed by atoms with Crippen molar-refractivity contribution in [3.8, 4) is 0 Å². The number of nitrogens with zero attached hydrogens (tertiary/aromatic N) is 3. The van der Waals surface area contributed by atoms with E-state index in [1.165, 1.54) is 6.33 Å². The van der Waals surface area contributed by atoms with Gasteiger partial charge >= 0.3 is 6.03 Å². The minimum absolute atomic E-state index is 0.114. The molecule has 1 aromatic heterocycles. The van der Waals surface area contributed by atoms with Gasteiger partial charge in [-0.1, -0.05) is 29.3 Å². The van der Waals surface area contributed by atoms with Crippen LogP contribution in [0.3, 0.4) is 0 Å². The Hall–Kier alpha value is -1.85. The van der Waals surface area contributed by atoms with Gasteiger partial charge in [-0.05, 0) is 48.9 Å². The first kappa shape index (κ1) is 17.0. The molecule has 0 radical (unpaired) electrons. The number of halogens is 2. The number of hydrogen-bond acceptors (Lipinski definition) is 3. The lowest BCUT2D eigenvalue weighted by Crippen LogP contribution is -2.41. The van der Waals surface area contributed by atoms with Crippen LogP contribution in [0.5, 0.6) is 0 Å². The number of rotatable bonds is 3. The molecule has 0 atom stereocenters. The summed E-state index contributed by atoms with van der Waals surface area (Å²) in [5, 5.41) is 4.16. The summed E-state index contributed by atoms with van der Waals surface area (Å²) in [5.74, 6) is 1.04. The number of urea groups is 1. The van der Waals surface area contributed by atoms with E-state index < -0.39 is 0 Å². The maximum atomic E-state index is 12.2. The highest BCUT2D eigenvalue weighted by Crippen LogP contribution is 2.27. The molecule has 0 saturated carbocycles. The van der Waals surface area contributed by atoms with Gasteiger partial charge in [0.1, 0.15) is 12.1 Å². The maximum Gasteiger partial charge on any atom is 0.323 e. The van der Waals surface area contributed by atoms with E-state index >= 15 is 0 Å². The molecule has 1 N–H and O–H groups in total. The predicted octanol–water partition coefficient (Wildman–Crippen LogP) is 4.27. The topological polar surface area (TPSA) is 58.1 Å². The van der Waals surface area contributed by atoms with Crippen molar-refractivity contribution >= 4 is 35.1 Å². The number of piperidine rings is 1. The first-order valence-electron chi connectivity index (χ1n) is 7.87. The van der Waals surface area contributed by atoms with E-state index in [2.05, 4.69) is 15.3 Å². The van der Waals surface area contributed by atoms with Gasteiger partial charge < -0.3 is 4.90 Å². The molecule has 2 heterocycles. The number of hydrogen-bond donors (Lipinski definition) is 1. The van der Waals surface area contributed by atoms with Crippen LogP contribution in [0, 0.1) is 5.92 Å². The van der Waals surface area contributed by atoms with Gasteiger partial charge in [0, 0.05) is 29.3 Å². The van der Waals surface area contributed by atoms with Gasteiger partial charge in [-0.3, -0.25) is 5.32 Å². The zero-order valence-electron chi connectivity index (χ0n) is 13.1. The molecule has 0 bridgehead atoms. The standard InChI is InChI=1S/C17H18Cl2N4O/c18-14-2-1-13(15(19)10-14)9-12-4-7-23(8-5-12)17(24)22-16-3-6-20-11-21-16/h1-3,6,10-12H,4-5,7-9H2,(H,20,21,22,24). The molecule has 1 aromatic carbocycles. The third-order valence-corrected chi connectivity index (χ3v) is 4.83. The van der Waals surface area contributed by atoms with Gasteiger partial charge in [-0.25, -0.2) is 14.8 Å². The summed E-state index contributed by atoms with van der Waals surface area (Å²) >= 11 is 12.2. The minimum atomic E-state index is -0.114. The minimum Gasteiger partial charge on any atom is -0.324 e. The van der Waals surface area contributed by atoms with Gasteiger partial charge in [-0.2, -0.15) is 0 Å². The van der Waals surface area contributed by atoms with Crippen LogP contribution >= 0.6 is 23.2 Å². The SMILES string of the molecule is O=C(Nc1ccncn1)N1CCC(Cc2ccc(Cl)cc2Cl)CC1. The summed E-state index contributed by atoms with van der Waals surface area (Å²) in [7, 11) is 0. The number of aromatic nitrogens is 2. The van der Waals surface area contributed by atoms with E-state index in [1.54, 1.807) is 18.3 Å². The highest BCUT2D eigenvalue weighted by atomic mass is 35.5. The lowest BCUT2D eigenvalue weighted by atomic mass is 9.90. The van der Waals surface area contributed by atoms with Crippen LogP contribution in [-0.4, -0.2) is 34.0 Å². The molecule has 24 heavy (non-hydrogen) atoms. The van der Waals surface area contributed by atoms with E-state index in [0.29, 0.717) is 21.8 Å². The normalized spacial score (nSPS) is 15.3. The number of carbonyl (C=O) groups excluding carboxylic acids is 1. The summed E-state index contributed by atoms with van der Waals surface area (Å²) < 4.78 is 0. The van der Waals surface area contributed by atoms with Crippen LogP contribution in [0.4, 0.5) is 10.6 Å². The summed E-state index contributed by atoms with van der Waals surface area (Å²) in [5.41, 5.74) is 1.12. The Bertz CT molecular complexity index is 703. The van der Waals surface area contributed by atoms with Crippen molar-refractivity contribution in [1.82, 2.24) is 14.9 Å². The Labute approximate surface area is 151 Å². The highest BCUT2D eigenvalue weighted by molar-refractivity contribution is 6.35. The van der Waals surface area contributed by atoms with Gasteiger partial charge in [0.25, 0.3) is 0 Å². The summed E-state index contributed by atoms with van der Waals surface area (Å²) in [6.45, 7) is 1.46. The lowest BCUT2D eigenvalue weighted by molar-refractivity contribution is 0.182. The van der Waals surface area contributed by atoms with Crippen LogP contribution in [0.25, 0.3) is 0 Å². The third-order valence-electron chi connectivity index (χ3n) is 4.24. The average Bonchev–Trinajstić information content (AvgIpc) is 2.59. The fourth-order valence-corrected chi connectivity index (χ4v) is 3.38. The van der Waals surface area contributed by atoms with Crippen LogP contribution in [-0.2, 0) is 6.42 Å². The van der Waals surface area contributed by atoms with Gasteiger partial charge in [-0.15, -0.1) is 0 Å². The number of nitrogens with one attached hydrogen (secondary N) is 1. The predicted molar refractivity (Wildman–Crippen MR) is 95.5 cm³/mol. The molecule has 1 aliphatic rings. The molecule has 0 aliphatic carbocycles. The van der Waals surface area contributed by atoms with Gasteiger partial charge in [0.05, 0.1) is 0 Å². The summed E-state index contributed by atoms with van der Waals surface area (Å²) in [6, 6.07) is 7.19. The van der Waals surface area contributed by atoms with Crippen molar-refractivity contribution in [1.29, 1.82) is 0 Å². The molecule has 7 heteroatoms. The van der Waals surface area contributed by atoms with E-state index in [9.17, 15) is 4.79 Å². The molecule has 1 saturated heterocycles.